The highest BCUT2D eigenvalue weighted by atomic mass is 16.6. The van der Waals surface area contributed by atoms with Crippen molar-refractivity contribution in [2.75, 3.05) is 5.73 Å². The van der Waals surface area contributed by atoms with Crippen LogP contribution in [0.1, 0.15) is 16.8 Å². The van der Waals surface area contributed by atoms with E-state index in [1.54, 1.807) is 18.5 Å². The molecule has 0 aliphatic heterocycles. The molecule has 136 valence electrons. The number of rotatable bonds is 3. The molecule has 0 amide bonds. The molecule has 4 aromatic rings. The van der Waals surface area contributed by atoms with Crippen molar-refractivity contribution in [1.29, 1.82) is 0 Å². The Hall–Kier alpha value is -4.25. The van der Waals surface area contributed by atoms with Gasteiger partial charge in [-0.3, -0.25) is 10.1 Å². The van der Waals surface area contributed by atoms with Gasteiger partial charge < -0.3 is 10.3 Å². The van der Waals surface area contributed by atoms with Crippen LogP contribution in [0.2, 0.25) is 0 Å². The summed E-state index contributed by atoms with van der Waals surface area (Å²) in [5.74, 6) is 5.99. The lowest BCUT2D eigenvalue weighted by molar-refractivity contribution is -0.384. The van der Waals surface area contributed by atoms with Crippen molar-refractivity contribution in [2.24, 2.45) is 0 Å². The molecular formula is C20H14N6O2. The second kappa shape index (κ2) is 7.17. The predicted molar refractivity (Wildman–Crippen MR) is 104 cm³/mol. The van der Waals surface area contributed by atoms with Gasteiger partial charge in [0.1, 0.15) is 11.2 Å². The van der Waals surface area contributed by atoms with Crippen LogP contribution in [-0.2, 0) is 6.54 Å². The number of non-ortho nitro benzene ring substituents is 1. The first-order chi connectivity index (χ1) is 13.6. The van der Waals surface area contributed by atoms with Crippen LogP contribution in [0, 0.1) is 22.0 Å². The van der Waals surface area contributed by atoms with E-state index < -0.39 is 4.92 Å². The molecule has 2 heterocycles. The van der Waals surface area contributed by atoms with Gasteiger partial charge in [-0.15, -0.1) is 0 Å². The van der Waals surface area contributed by atoms with E-state index in [0.29, 0.717) is 29.0 Å². The molecule has 4 rings (SSSR count). The normalized spacial score (nSPS) is 10.4. The SMILES string of the molecule is Nc1nc(C#Cc2ccc([N+](=O)[O-])cc2)c2ncn(Cc3ccccc3)c2n1. The summed E-state index contributed by atoms with van der Waals surface area (Å²) in [6.45, 7) is 0.600. The van der Waals surface area contributed by atoms with Crippen molar-refractivity contribution in [3.05, 3.63) is 87.9 Å². The van der Waals surface area contributed by atoms with Crippen LogP contribution in [0.15, 0.2) is 60.9 Å². The number of nitrogens with zero attached hydrogens (tertiary/aromatic N) is 5. The van der Waals surface area contributed by atoms with E-state index in [1.807, 2.05) is 34.9 Å². The number of benzene rings is 2. The van der Waals surface area contributed by atoms with E-state index >= 15 is 0 Å². The first-order valence-electron chi connectivity index (χ1n) is 8.39. The number of nitrogens with two attached hydrogens (primary N) is 1. The molecule has 2 N–H and O–H groups in total. The fourth-order valence-corrected chi connectivity index (χ4v) is 2.74. The fraction of sp³-hybridized carbons (Fsp3) is 0.0500. The van der Waals surface area contributed by atoms with E-state index in [2.05, 4.69) is 26.8 Å². The highest BCUT2D eigenvalue weighted by Gasteiger charge is 2.11. The number of nitrogen functional groups attached to an aromatic ring is 1. The molecular weight excluding hydrogens is 356 g/mol. The standard InChI is InChI=1S/C20H14N6O2/c21-20-23-17(11-8-14-6-9-16(10-7-14)26(27)28)18-19(24-20)25(13-22-18)12-15-4-2-1-3-5-15/h1-7,9-10,13H,12H2,(H2,21,23,24). The quantitative estimate of drug-likeness (QED) is 0.337. The van der Waals surface area contributed by atoms with Crippen LogP contribution in [0.4, 0.5) is 11.6 Å². The summed E-state index contributed by atoms with van der Waals surface area (Å²) in [5, 5.41) is 10.7. The van der Waals surface area contributed by atoms with Crippen molar-refractivity contribution < 1.29 is 4.92 Å². The predicted octanol–water partition coefficient (Wildman–Crippen LogP) is 2.76. The molecule has 0 spiro atoms. The second-order valence-electron chi connectivity index (χ2n) is 6.01. The van der Waals surface area contributed by atoms with Gasteiger partial charge in [-0.25, -0.2) is 9.97 Å². The molecule has 0 atom stereocenters. The van der Waals surface area contributed by atoms with Crippen molar-refractivity contribution >= 4 is 22.8 Å². The largest absolute Gasteiger partial charge is 0.368 e. The van der Waals surface area contributed by atoms with Gasteiger partial charge in [0.25, 0.3) is 5.69 Å². The van der Waals surface area contributed by atoms with Gasteiger partial charge in [-0.1, -0.05) is 36.3 Å². The maximum Gasteiger partial charge on any atom is 0.269 e. The minimum absolute atomic E-state index is 0.0128. The molecule has 28 heavy (non-hydrogen) atoms. The zero-order valence-corrected chi connectivity index (χ0v) is 14.6. The van der Waals surface area contributed by atoms with Crippen LogP contribution in [-0.4, -0.2) is 24.4 Å². The number of hydrogen-bond donors (Lipinski definition) is 1. The van der Waals surface area contributed by atoms with Crippen molar-refractivity contribution in [2.45, 2.75) is 6.54 Å². The summed E-state index contributed by atoms with van der Waals surface area (Å²) in [6.07, 6.45) is 1.68. The van der Waals surface area contributed by atoms with Crippen molar-refractivity contribution in [3.63, 3.8) is 0 Å². The zero-order valence-electron chi connectivity index (χ0n) is 14.6. The summed E-state index contributed by atoms with van der Waals surface area (Å²) in [6, 6.07) is 15.9. The smallest absolute Gasteiger partial charge is 0.269 e. The minimum Gasteiger partial charge on any atom is -0.368 e. The summed E-state index contributed by atoms with van der Waals surface area (Å²) in [7, 11) is 0. The Labute approximate surface area is 159 Å². The van der Waals surface area contributed by atoms with E-state index in [1.165, 1.54) is 12.1 Å². The van der Waals surface area contributed by atoms with Crippen LogP contribution in [0.25, 0.3) is 11.2 Å². The maximum atomic E-state index is 10.7. The molecule has 0 unspecified atom stereocenters. The molecule has 0 radical (unpaired) electrons. The van der Waals surface area contributed by atoms with Crippen LogP contribution < -0.4 is 5.73 Å². The Morgan fingerprint density at radius 3 is 2.50 bits per heavy atom. The van der Waals surface area contributed by atoms with E-state index in [9.17, 15) is 10.1 Å². The average Bonchev–Trinajstić information content (AvgIpc) is 3.10. The van der Waals surface area contributed by atoms with Gasteiger partial charge >= 0.3 is 0 Å². The number of nitro benzene ring substituents is 1. The monoisotopic (exact) mass is 370 g/mol. The van der Waals surface area contributed by atoms with E-state index in [4.69, 9.17) is 5.73 Å². The summed E-state index contributed by atoms with van der Waals surface area (Å²) >= 11 is 0. The molecule has 2 aromatic heterocycles. The fourth-order valence-electron chi connectivity index (χ4n) is 2.74. The average molecular weight is 370 g/mol. The number of aromatic nitrogens is 4. The zero-order chi connectivity index (χ0) is 19.5. The van der Waals surface area contributed by atoms with Gasteiger partial charge in [0.2, 0.25) is 5.95 Å². The second-order valence-corrected chi connectivity index (χ2v) is 6.01. The van der Waals surface area contributed by atoms with E-state index in [-0.39, 0.29) is 11.6 Å². The van der Waals surface area contributed by atoms with Crippen LogP contribution in [0.3, 0.4) is 0 Å². The first-order valence-corrected chi connectivity index (χ1v) is 8.39. The Kier molecular flexibility index (Phi) is 4.40. The van der Waals surface area contributed by atoms with Crippen LogP contribution in [0.5, 0.6) is 0 Å². The summed E-state index contributed by atoms with van der Waals surface area (Å²) < 4.78 is 1.89. The number of nitro groups is 1. The lowest BCUT2D eigenvalue weighted by Crippen LogP contribution is -2.03. The summed E-state index contributed by atoms with van der Waals surface area (Å²) in [5.41, 5.74) is 9.17. The first kappa shape index (κ1) is 17.2. The van der Waals surface area contributed by atoms with Gasteiger partial charge in [-0.2, -0.15) is 4.98 Å². The van der Waals surface area contributed by atoms with Crippen LogP contribution >= 0.6 is 0 Å². The Bertz CT molecular complexity index is 1220. The third kappa shape index (κ3) is 3.50. The number of fused-ring (bicyclic) bond motifs is 1. The Morgan fingerprint density at radius 2 is 1.79 bits per heavy atom. The van der Waals surface area contributed by atoms with Crippen molar-refractivity contribution in [3.8, 4) is 11.8 Å². The Balaban J connectivity index is 1.69. The molecule has 2 aromatic carbocycles. The highest BCUT2D eigenvalue weighted by molar-refractivity contribution is 5.78. The molecule has 0 fully saturated rings. The van der Waals surface area contributed by atoms with E-state index in [0.717, 1.165) is 5.56 Å². The lowest BCUT2D eigenvalue weighted by atomic mass is 10.2. The topological polar surface area (TPSA) is 113 Å². The van der Waals surface area contributed by atoms with Gasteiger partial charge in [-0.05, 0) is 23.6 Å². The van der Waals surface area contributed by atoms with Gasteiger partial charge in [0.15, 0.2) is 5.65 Å². The molecule has 0 aliphatic rings. The third-order valence-electron chi connectivity index (χ3n) is 4.08. The Morgan fingerprint density at radius 1 is 1.04 bits per heavy atom. The minimum atomic E-state index is -0.453. The molecule has 0 saturated heterocycles. The number of imidazole rings is 1. The van der Waals surface area contributed by atoms with Crippen molar-refractivity contribution in [1.82, 2.24) is 19.5 Å². The number of hydrogen-bond acceptors (Lipinski definition) is 6. The molecule has 0 bridgehead atoms. The molecule has 0 saturated carbocycles. The van der Waals surface area contributed by atoms with Gasteiger partial charge in [0.05, 0.1) is 17.8 Å². The maximum absolute atomic E-state index is 10.7. The molecule has 0 aliphatic carbocycles. The molecule has 8 nitrogen and oxygen atoms in total. The van der Waals surface area contributed by atoms with Gasteiger partial charge in [0, 0.05) is 17.7 Å². The number of anilines is 1. The lowest BCUT2D eigenvalue weighted by Gasteiger charge is -2.04. The highest BCUT2D eigenvalue weighted by Crippen LogP contribution is 2.17. The summed E-state index contributed by atoms with van der Waals surface area (Å²) in [4.78, 5) is 23.2. The third-order valence-corrected chi connectivity index (χ3v) is 4.08. The molecule has 8 heteroatoms.